The topological polar surface area (TPSA) is 35.5 Å². The van der Waals surface area contributed by atoms with Crippen molar-refractivity contribution in [1.29, 1.82) is 0 Å². The second-order valence-corrected chi connectivity index (χ2v) is 5.15. The van der Waals surface area contributed by atoms with E-state index in [-0.39, 0.29) is 18.0 Å². The Bertz CT molecular complexity index is 304. The van der Waals surface area contributed by atoms with Crippen LogP contribution in [0.25, 0.3) is 0 Å². The van der Waals surface area contributed by atoms with Gasteiger partial charge in [0, 0.05) is 6.61 Å². The summed E-state index contributed by atoms with van der Waals surface area (Å²) >= 11 is 0. The summed E-state index contributed by atoms with van der Waals surface area (Å²) < 4.78 is 10.8. The lowest BCUT2D eigenvalue weighted by Gasteiger charge is -2.18. The van der Waals surface area contributed by atoms with Crippen molar-refractivity contribution < 1.29 is 14.3 Å². The Morgan fingerprint density at radius 2 is 2.31 bits per heavy atom. The minimum atomic E-state index is -0.00708. The first-order chi connectivity index (χ1) is 7.83. The van der Waals surface area contributed by atoms with Gasteiger partial charge in [0.05, 0.1) is 12.0 Å². The molecule has 0 spiro atoms. The molecule has 2 bridgehead atoms. The highest BCUT2D eigenvalue weighted by molar-refractivity contribution is 5.74. The third-order valence-corrected chi connectivity index (χ3v) is 4.02. The Morgan fingerprint density at radius 1 is 1.38 bits per heavy atom. The first kappa shape index (κ1) is 10.3. The molecule has 0 N–H and O–H groups in total. The van der Waals surface area contributed by atoms with Gasteiger partial charge < -0.3 is 9.47 Å². The van der Waals surface area contributed by atoms with Crippen LogP contribution in [0.2, 0.25) is 0 Å². The summed E-state index contributed by atoms with van der Waals surface area (Å²) in [4.78, 5) is 11.9. The van der Waals surface area contributed by atoms with Crippen molar-refractivity contribution in [2.45, 2.75) is 31.8 Å². The number of esters is 1. The van der Waals surface area contributed by atoms with Gasteiger partial charge in [0.15, 0.2) is 0 Å². The molecule has 3 heteroatoms. The highest BCUT2D eigenvalue weighted by Crippen LogP contribution is 2.43. The molecule has 2 aliphatic carbocycles. The minimum Gasteiger partial charge on any atom is -0.463 e. The lowest BCUT2D eigenvalue weighted by molar-refractivity contribution is -0.152. The van der Waals surface area contributed by atoms with Gasteiger partial charge in [-0.05, 0) is 37.5 Å². The van der Waals surface area contributed by atoms with Crippen LogP contribution in [0.5, 0.6) is 0 Å². The maximum Gasteiger partial charge on any atom is 0.309 e. The molecule has 88 valence electrons. The summed E-state index contributed by atoms with van der Waals surface area (Å²) in [5.41, 5.74) is 0. The van der Waals surface area contributed by atoms with Crippen LogP contribution < -0.4 is 0 Å². The van der Waals surface area contributed by atoms with Gasteiger partial charge >= 0.3 is 5.97 Å². The fourth-order valence-electron chi connectivity index (χ4n) is 3.11. The molecule has 1 saturated carbocycles. The molecule has 0 unspecified atom stereocenters. The lowest BCUT2D eigenvalue weighted by Crippen LogP contribution is -2.25. The van der Waals surface area contributed by atoms with Crippen LogP contribution in [0.4, 0.5) is 0 Å². The van der Waals surface area contributed by atoms with Crippen LogP contribution in [-0.2, 0) is 14.3 Å². The van der Waals surface area contributed by atoms with Crippen LogP contribution in [-0.4, -0.2) is 25.3 Å². The van der Waals surface area contributed by atoms with Crippen molar-refractivity contribution in [3.05, 3.63) is 12.2 Å². The Balaban J connectivity index is 1.48. The molecule has 1 saturated heterocycles. The van der Waals surface area contributed by atoms with E-state index in [0.29, 0.717) is 18.4 Å². The number of allylic oxidation sites excluding steroid dienone is 2. The Kier molecular flexibility index (Phi) is 2.72. The van der Waals surface area contributed by atoms with Gasteiger partial charge in [0.2, 0.25) is 0 Å². The van der Waals surface area contributed by atoms with Crippen molar-refractivity contribution in [2.75, 3.05) is 13.2 Å². The number of rotatable bonds is 3. The molecule has 16 heavy (non-hydrogen) atoms. The molecule has 0 aromatic heterocycles. The fourth-order valence-corrected chi connectivity index (χ4v) is 3.11. The molecule has 1 aliphatic heterocycles. The third kappa shape index (κ3) is 1.88. The Morgan fingerprint density at radius 3 is 2.94 bits per heavy atom. The molecule has 0 amide bonds. The molecule has 3 aliphatic rings. The van der Waals surface area contributed by atoms with Crippen molar-refractivity contribution >= 4 is 5.97 Å². The summed E-state index contributed by atoms with van der Waals surface area (Å²) in [7, 11) is 0. The van der Waals surface area contributed by atoms with Crippen LogP contribution in [0, 0.1) is 17.8 Å². The van der Waals surface area contributed by atoms with Crippen LogP contribution in [0.1, 0.15) is 25.7 Å². The first-order valence-corrected chi connectivity index (χ1v) is 6.29. The Labute approximate surface area is 95.8 Å². The van der Waals surface area contributed by atoms with E-state index in [9.17, 15) is 4.79 Å². The number of carbonyl (C=O) groups excluding carboxylic acids is 1. The first-order valence-electron chi connectivity index (χ1n) is 6.29. The summed E-state index contributed by atoms with van der Waals surface area (Å²) in [6.07, 6.45) is 8.85. The monoisotopic (exact) mass is 222 g/mol. The number of hydrogen-bond donors (Lipinski definition) is 0. The lowest BCUT2D eigenvalue weighted by atomic mass is 9.94. The van der Waals surface area contributed by atoms with E-state index in [4.69, 9.17) is 9.47 Å². The molecule has 0 aromatic carbocycles. The molecule has 3 nitrogen and oxygen atoms in total. The molecule has 0 radical (unpaired) electrons. The SMILES string of the molecule is O=C(OC[C@@H]1CCCO1)[C@H]1C[C@H]2C=C[C@@H]1C2. The van der Waals surface area contributed by atoms with Crippen molar-refractivity contribution in [3.63, 3.8) is 0 Å². The minimum absolute atomic E-state index is 0.00708. The number of carbonyl (C=O) groups is 1. The van der Waals surface area contributed by atoms with E-state index in [1.165, 1.54) is 0 Å². The van der Waals surface area contributed by atoms with Gasteiger partial charge in [-0.3, -0.25) is 4.79 Å². The highest BCUT2D eigenvalue weighted by Gasteiger charge is 2.40. The van der Waals surface area contributed by atoms with Gasteiger partial charge in [-0.1, -0.05) is 12.2 Å². The number of ether oxygens (including phenoxy) is 2. The van der Waals surface area contributed by atoms with Gasteiger partial charge in [-0.2, -0.15) is 0 Å². The molecule has 0 aromatic rings. The number of hydrogen-bond acceptors (Lipinski definition) is 3. The molecular formula is C13H18O3. The van der Waals surface area contributed by atoms with Crippen molar-refractivity contribution in [2.24, 2.45) is 17.8 Å². The zero-order chi connectivity index (χ0) is 11.0. The van der Waals surface area contributed by atoms with Crippen LogP contribution >= 0.6 is 0 Å². The summed E-state index contributed by atoms with van der Waals surface area (Å²) in [5.74, 6) is 1.19. The quantitative estimate of drug-likeness (QED) is 0.540. The zero-order valence-corrected chi connectivity index (χ0v) is 9.43. The smallest absolute Gasteiger partial charge is 0.309 e. The predicted octanol–water partition coefficient (Wildman–Crippen LogP) is 1.92. The fraction of sp³-hybridized carbons (Fsp3) is 0.769. The van der Waals surface area contributed by atoms with Crippen LogP contribution in [0.3, 0.4) is 0 Å². The standard InChI is InChI=1S/C13H18O3/c14-13(16-8-11-2-1-5-15-11)12-7-9-3-4-10(12)6-9/h3-4,9-12H,1-2,5-8H2/t9-,10+,11-,12-/m0/s1. The van der Waals surface area contributed by atoms with E-state index >= 15 is 0 Å². The van der Waals surface area contributed by atoms with E-state index in [0.717, 1.165) is 32.3 Å². The summed E-state index contributed by atoms with van der Waals surface area (Å²) in [6.45, 7) is 1.27. The van der Waals surface area contributed by atoms with Crippen LogP contribution in [0.15, 0.2) is 12.2 Å². The Hall–Kier alpha value is -0.830. The molecule has 3 rings (SSSR count). The predicted molar refractivity (Wildman–Crippen MR) is 58.8 cm³/mol. The molecule has 1 heterocycles. The second-order valence-electron chi connectivity index (χ2n) is 5.15. The van der Waals surface area contributed by atoms with Gasteiger partial charge in [-0.15, -0.1) is 0 Å². The summed E-state index contributed by atoms with van der Waals surface area (Å²) in [5, 5.41) is 0. The van der Waals surface area contributed by atoms with E-state index in [1.807, 2.05) is 0 Å². The maximum atomic E-state index is 11.9. The van der Waals surface area contributed by atoms with Gasteiger partial charge in [0.25, 0.3) is 0 Å². The molecular weight excluding hydrogens is 204 g/mol. The van der Waals surface area contributed by atoms with Gasteiger partial charge in [-0.25, -0.2) is 0 Å². The third-order valence-electron chi connectivity index (χ3n) is 4.02. The average Bonchev–Trinajstić information content (AvgIpc) is 3.01. The maximum absolute atomic E-state index is 11.9. The summed E-state index contributed by atoms with van der Waals surface area (Å²) in [6, 6.07) is 0. The largest absolute Gasteiger partial charge is 0.463 e. The van der Waals surface area contributed by atoms with E-state index in [1.54, 1.807) is 0 Å². The normalized spacial score (nSPS) is 40.5. The van der Waals surface area contributed by atoms with Gasteiger partial charge in [0.1, 0.15) is 6.61 Å². The van der Waals surface area contributed by atoms with Crippen molar-refractivity contribution in [1.82, 2.24) is 0 Å². The second kappa shape index (κ2) is 4.21. The molecule has 2 fully saturated rings. The highest BCUT2D eigenvalue weighted by atomic mass is 16.6. The van der Waals surface area contributed by atoms with E-state index in [2.05, 4.69) is 12.2 Å². The average molecular weight is 222 g/mol. The zero-order valence-electron chi connectivity index (χ0n) is 9.43. The van der Waals surface area contributed by atoms with E-state index < -0.39 is 0 Å². The van der Waals surface area contributed by atoms with Crippen molar-refractivity contribution in [3.8, 4) is 0 Å². The molecule has 4 atom stereocenters. The number of fused-ring (bicyclic) bond motifs is 2.